The van der Waals surface area contributed by atoms with E-state index in [4.69, 9.17) is 0 Å². The number of hydrogen-bond acceptors (Lipinski definition) is 6. The molecule has 10 heteroatoms. The van der Waals surface area contributed by atoms with Crippen LogP contribution in [0.15, 0.2) is 54.2 Å². The van der Waals surface area contributed by atoms with Gasteiger partial charge in [0, 0.05) is 35.9 Å². The standard InChI is InChI=1S/C22H22N4O6/c27-21(16-7-2-1-3-8-16)24-20(13-15-6-4-10-18(12-15)25(29)30)22(28)23-17-9-5-11-19(14-17)26(31)32/h4-6,9-14,16H,1-3,7-8H2,(H,23,28)(H,24,27)/b20-13-. The molecule has 2 N–H and O–H groups in total. The van der Waals surface area contributed by atoms with Crippen LogP contribution in [0.25, 0.3) is 6.08 Å². The molecule has 0 bridgehead atoms. The van der Waals surface area contributed by atoms with Gasteiger partial charge in [-0.3, -0.25) is 29.8 Å². The van der Waals surface area contributed by atoms with Crippen LogP contribution < -0.4 is 10.6 Å². The quantitative estimate of drug-likeness (QED) is 0.377. The molecule has 2 aromatic carbocycles. The van der Waals surface area contributed by atoms with E-state index >= 15 is 0 Å². The van der Waals surface area contributed by atoms with E-state index in [-0.39, 0.29) is 34.6 Å². The van der Waals surface area contributed by atoms with Gasteiger partial charge in [0.05, 0.1) is 9.85 Å². The lowest BCUT2D eigenvalue weighted by molar-refractivity contribution is -0.385. The van der Waals surface area contributed by atoms with Gasteiger partial charge in [0.1, 0.15) is 5.70 Å². The molecule has 3 rings (SSSR count). The summed E-state index contributed by atoms with van der Waals surface area (Å²) in [6.45, 7) is 0. The summed E-state index contributed by atoms with van der Waals surface area (Å²) in [5.41, 5.74) is 0.0787. The van der Waals surface area contributed by atoms with E-state index < -0.39 is 15.8 Å². The van der Waals surface area contributed by atoms with Gasteiger partial charge in [0.15, 0.2) is 0 Å². The molecule has 10 nitrogen and oxygen atoms in total. The van der Waals surface area contributed by atoms with Crippen molar-refractivity contribution in [1.82, 2.24) is 5.32 Å². The average Bonchev–Trinajstić information content (AvgIpc) is 2.79. The highest BCUT2D eigenvalue weighted by molar-refractivity contribution is 6.09. The lowest BCUT2D eigenvalue weighted by atomic mass is 9.88. The smallest absolute Gasteiger partial charge is 0.272 e. The molecule has 0 spiro atoms. The highest BCUT2D eigenvalue weighted by Crippen LogP contribution is 2.24. The first-order valence-electron chi connectivity index (χ1n) is 10.2. The Morgan fingerprint density at radius 2 is 1.53 bits per heavy atom. The van der Waals surface area contributed by atoms with Gasteiger partial charge < -0.3 is 10.6 Å². The van der Waals surface area contributed by atoms with Gasteiger partial charge in [-0.15, -0.1) is 0 Å². The average molecular weight is 438 g/mol. The summed E-state index contributed by atoms with van der Waals surface area (Å²) in [6.07, 6.45) is 5.72. The van der Waals surface area contributed by atoms with Crippen molar-refractivity contribution in [2.45, 2.75) is 32.1 Å². The molecule has 1 aliphatic rings. The van der Waals surface area contributed by atoms with Crippen LogP contribution in [0, 0.1) is 26.1 Å². The van der Waals surface area contributed by atoms with Crippen molar-refractivity contribution in [2.75, 3.05) is 5.32 Å². The first-order valence-corrected chi connectivity index (χ1v) is 10.2. The number of carbonyl (C=O) groups is 2. The molecule has 2 aromatic rings. The number of benzene rings is 2. The van der Waals surface area contributed by atoms with E-state index in [2.05, 4.69) is 10.6 Å². The van der Waals surface area contributed by atoms with Crippen molar-refractivity contribution in [1.29, 1.82) is 0 Å². The normalized spacial score (nSPS) is 14.4. The first kappa shape index (κ1) is 22.6. The van der Waals surface area contributed by atoms with Crippen molar-refractivity contribution in [3.63, 3.8) is 0 Å². The van der Waals surface area contributed by atoms with E-state index in [1.54, 1.807) is 6.07 Å². The van der Waals surface area contributed by atoms with Gasteiger partial charge in [-0.05, 0) is 30.5 Å². The topological polar surface area (TPSA) is 144 Å². The number of nitrogens with one attached hydrogen (secondary N) is 2. The number of amides is 2. The van der Waals surface area contributed by atoms with E-state index in [0.717, 1.165) is 32.1 Å². The summed E-state index contributed by atoms with van der Waals surface area (Å²) in [4.78, 5) is 46.6. The lowest BCUT2D eigenvalue weighted by Crippen LogP contribution is -2.35. The molecule has 0 heterocycles. The predicted molar refractivity (Wildman–Crippen MR) is 118 cm³/mol. The second kappa shape index (κ2) is 10.3. The van der Waals surface area contributed by atoms with Gasteiger partial charge in [0.2, 0.25) is 5.91 Å². The van der Waals surface area contributed by atoms with Crippen LogP contribution in [0.2, 0.25) is 0 Å². The van der Waals surface area contributed by atoms with Crippen molar-refractivity contribution in [2.24, 2.45) is 5.92 Å². The lowest BCUT2D eigenvalue weighted by Gasteiger charge is -2.21. The Morgan fingerprint density at radius 1 is 0.906 bits per heavy atom. The van der Waals surface area contributed by atoms with E-state index in [0.29, 0.717) is 5.56 Å². The first-order chi connectivity index (χ1) is 15.3. The summed E-state index contributed by atoms with van der Waals surface area (Å²) >= 11 is 0. The maximum atomic E-state index is 12.9. The highest BCUT2D eigenvalue weighted by Gasteiger charge is 2.24. The van der Waals surface area contributed by atoms with Crippen molar-refractivity contribution >= 4 is 35.0 Å². The minimum Gasteiger partial charge on any atom is -0.321 e. The SMILES string of the molecule is O=C(Nc1cccc([N+](=O)[O-])c1)/C(=C/c1cccc([N+](=O)[O-])c1)NC(=O)C1CCCCC1. The third-order valence-electron chi connectivity index (χ3n) is 5.19. The van der Waals surface area contributed by atoms with E-state index in [1.807, 2.05) is 0 Å². The molecule has 1 saturated carbocycles. The number of anilines is 1. The van der Waals surface area contributed by atoms with Crippen LogP contribution in [-0.2, 0) is 9.59 Å². The predicted octanol–water partition coefficient (Wildman–Crippen LogP) is 4.18. The third-order valence-corrected chi connectivity index (χ3v) is 5.19. The van der Waals surface area contributed by atoms with Crippen LogP contribution in [0.5, 0.6) is 0 Å². The summed E-state index contributed by atoms with van der Waals surface area (Å²) in [7, 11) is 0. The van der Waals surface area contributed by atoms with E-state index in [9.17, 15) is 29.8 Å². The fraction of sp³-hybridized carbons (Fsp3) is 0.273. The number of hydrogen-bond donors (Lipinski definition) is 2. The summed E-state index contributed by atoms with van der Waals surface area (Å²) < 4.78 is 0. The van der Waals surface area contributed by atoms with Crippen LogP contribution >= 0.6 is 0 Å². The minimum absolute atomic E-state index is 0.104. The zero-order valence-electron chi connectivity index (χ0n) is 17.2. The molecule has 1 aliphatic carbocycles. The Kier molecular flexibility index (Phi) is 7.27. The molecule has 0 aromatic heterocycles. The molecular formula is C22H22N4O6. The summed E-state index contributed by atoms with van der Waals surface area (Å²) in [6, 6.07) is 11.1. The Balaban J connectivity index is 1.88. The van der Waals surface area contributed by atoms with Crippen molar-refractivity contribution in [3.8, 4) is 0 Å². The molecule has 2 amide bonds. The Labute approximate surface area is 183 Å². The molecular weight excluding hydrogens is 416 g/mol. The molecule has 0 atom stereocenters. The van der Waals surface area contributed by atoms with Gasteiger partial charge in [-0.2, -0.15) is 0 Å². The van der Waals surface area contributed by atoms with Crippen LogP contribution in [0.4, 0.5) is 17.1 Å². The number of nitro groups is 2. The maximum Gasteiger partial charge on any atom is 0.272 e. The van der Waals surface area contributed by atoms with Crippen LogP contribution in [0.3, 0.4) is 0 Å². The zero-order valence-corrected chi connectivity index (χ0v) is 17.2. The number of carbonyl (C=O) groups excluding carboxylic acids is 2. The molecule has 1 fully saturated rings. The summed E-state index contributed by atoms with van der Waals surface area (Å²) in [5, 5.41) is 27.2. The van der Waals surface area contributed by atoms with Crippen molar-refractivity contribution in [3.05, 3.63) is 80.0 Å². The minimum atomic E-state index is -0.693. The second-order valence-corrected chi connectivity index (χ2v) is 7.50. The van der Waals surface area contributed by atoms with E-state index in [1.165, 1.54) is 48.5 Å². The second-order valence-electron chi connectivity index (χ2n) is 7.50. The van der Waals surface area contributed by atoms with Crippen LogP contribution in [0.1, 0.15) is 37.7 Å². The van der Waals surface area contributed by atoms with Gasteiger partial charge in [-0.1, -0.05) is 37.5 Å². The molecule has 32 heavy (non-hydrogen) atoms. The fourth-order valence-electron chi connectivity index (χ4n) is 3.55. The Morgan fingerprint density at radius 3 is 2.19 bits per heavy atom. The monoisotopic (exact) mass is 438 g/mol. The molecule has 166 valence electrons. The van der Waals surface area contributed by atoms with Gasteiger partial charge >= 0.3 is 0 Å². The largest absolute Gasteiger partial charge is 0.321 e. The molecule has 0 aliphatic heterocycles. The number of rotatable bonds is 7. The third kappa shape index (κ3) is 5.97. The van der Waals surface area contributed by atoms with Crippen LogP contribution in [-0.4, -0.2) is 21.7 Å². The highest BCUT2D eigenvalue weighted by atomic mass is 16.6. The Bertz CT molecular complexity index is 1080. The maximum absolute atomic E-state index is 12.9. The zero-order chi connectivity index (χ0) is 23.1. The number of nitro benzene ring substituents is 2. The molecule has 0 saturated heterocycles. The van der Waals surface area contributed by atoms with Gasteiger partial charge in [0.25, 0.3) is 17.3 Å². The fourth-order valence-corrected chi connectivity index (χ4v) is 3.55. The van der Waals surface area contributed by atoms with Crippen molar-refractivity contribution < 1.29 is 19.4 Å². The number of non-ortho nitro benzene ring substituents is 2. The number of nitrogens with zero attached hydrogens (tertiary/aromatic N) is 2. The summed E-state index contributed by atoms with van der Waals surface area (Å²) in [5.74, 6) is -1.21. The Hall–Kier alpha value is -4.08. The molecule has 0 radical (unpaired) electrons. The molecule has 0 unspecified atom stereocenters. The van der Waals surface area contributed by atoms with Gasteiger partial charge in [-0.25, -0.2) is 0 Å².